The maximum Gasteiger partial charge on any atom is 0.418 e. The Labute approximate surface area is 212 Å². The topological polar surface area (TPSA) is 126 Å². The number of benzene rings is 1. The van der Waals surface area contributed by atoms with Crippen LogP contribution in [0.1, 0.15) is 24.0 Å². The Morgan fingerprint density at radius 3 is 2.54 bits per heavy atom. The SMILES string of the molecule is Cc1cc(N)nc(-c2c(Cl)cc3c(N4CC5CCC(C4)N5)nc(OCC(=O)O)nc3c2F)c1C(F)(F)F. The van der Waals surface area contributed by atoms with Crippen LogP contribution in [0.3, 0.4) is 0 Å². The quantitative estimate of drug-likeness (QED) is 0.414. The zero-order valence-electron chi connectivity index (χ0n) is 19.4. The summed E-state index contributed by atoms with van der Waals surface area (Å²) in [4.78, 5) is 25.0. The standard InChI is InChI=1S/C23H21ClF4N6O3/c1-9-4-14(29)31-20(17(9)23(26,27)28)16-13(24)5-12-19(18(16)25)32-22(37-8-15(35)36)33-21(12)34-6-10-2-3-11(7-34)30-10/h4-5,10-11,30H,2-3,6-8H2,1H3,(H2,29,31)(H,35,36). The van der Waals surface area contributed by atoms with E-state index >= 15 is 4.39 Å². The zero-order valence-corrected chi connectivity index (χ0v) is 20.1. The van der Waals surface area contributed by atoms with Gasteiger partial charge in [-0.25, -0.2) is 14.2 Å². The van der Waals surface area contributed by atoms with Gasteiger partial charge >= 0.3 is 18.2 Å². The van der Waals surface area contributed by atoms with Crippen LogP contribution in [-0.4, -0.2) is 57.8 Å². The summed E-state index contributed by atoms with van der Waals surface area (Å²) < 4.78 is 63.2. The molecular formula is C23H21ClF4N6O3. The van der Waals surface area contributed by atoms with Crippen molar-refractivity contribution in [1.82, 2.24) is 20.3 Å². The van der Waals surface area contributed by atoms with E-state index in [9.17, 15) is 18.0 Å². The number of halogens is 5. The summed E-state index contributed by atoms with van der Waals surface area (Å²) >= 11 is 6.41. The first-order valence-electron chi connectivity index (χ1n) is 11.3. The maximum absolute atomic E-state index is 16.1. The molecule has 2 aliphatic heterocycles. The fourth-order valence-corrected chi connectivity index (χ4v) is 5.30. The number of ether oxygens (including phenoxy) is 1. The largest absolute Gasteiger partial charge is 0.479 e. The lowest BCUT2D eigenvalue weighted by Crippen LogP contribution is -2.51. The van der Waals surface area contributed by atoms with E-state index in [0.29, 0.717) is 13.1 Å². The van der Waals surface area contributed by atoms with Gasteiger partial charge in [0.15, 0.2) is 12.4 Å². The monoisotopic (exact) mass is 540 g/mol. The van der Waals surface area contributed by atoms with Crippen LogP contribution in [-0.2, 0) is 11.0 Å². The molecule has 196 valence electrons. The highest BCUT2D eigenvalue weighted by Gasteiger charge is 2.39. The first-order valence-corrected chi connectivity index (χ1v) is 11.7. The number of aliphatic carboxylic acids is 1. The number of carboxylic acids is 1. The number of nitrogen functional groups attached to an aromatic ring is 1. The number of alkyl halides is 3. The van der Waals surface area contributed by atoms with Crippen molar-refractivity contribution in [3.63, 3.8) is 0 Å². The van der Waals surface area contributed by atoms with Crippen molar-refractivity contribution in [1.29, 1.82) is 0 Å². The lowest BCUT2D eigenvalue weighted by molar-refractivity contribution is -0.139. The van der Waals surface area contributed by atoms with Gasteiger partial charge in [0.1, 0.15) is 17.2 Å². The lowest BCUT2D eigenvalue weighted by atomic mass is 9.99. The van der Waals surface area contributed by atoms with Gasteiger partial charge in [-0.15, -0.1) is 0 Å². The minimum absolute atomic E-state index is 0.143. The molecule has 4 heterocycles. The zero-order chi connectivity index (χ0) is 26.6. The second-order valence-electron chi connectivity index (χ2n) is 9.08. The predicted molar refractivity (Wildman–Crippen MR) is 127 cm³/mol. The molecule has 0 spiro atoms. The normalized spacial score (nSPS) is 19.5. The van der Waals surface area contributed by atoms with E-state index in [4.69, 9.17) is 27.2 Å². The number of hydrogen-bond donors (Lipinski definition) is 3. The highest BCUT2D eigenvalue weighted by molar-refractivity contribution is 6.34. The second-order valence-corrected chi connectivity index (χ2v) is 9.49. The number of carboxylic acid groups (broad SMARTS) is 1. The van der Waals surface area contributed by atoms with Gasteiger partial charge in [0.2, 0.25) is 0 Å². The number of nitrogens with two attached hydrogens (primary N) is 1. The molecule has 4 N–H and O–H groups in total. The summed E-state index contributed by atoms with van der Waals surface area (Å²) in [6, 6.07) is 2.23. The molecule has 1 aromatic carbocycles. The molecule has 2 aromatic heterocycles. The van der Waals surface area contributed by atoms with E-state index in [0.717, 1.165) is 18.9 Å². The summed E-state index contributed by atoms with van der Waals surface area (Å²) in [6.45, 7) is 1.44. The van der Waals surface area contributed by atoms with Crippen molar-refractivity contribution < 1.29 is 32.2 Å². The predicted octanol–water partition coefficient (Wildman–Crippen LogP) is 3.80. The average molecular weight is 541 g/mol. The summed E-state index contributed by atoms with van der Waals surface area (Å²) in [6.07, 6.45) is -3.00. The van der Waals surface area contributed by atoms with Crippen molar-refractivity contribution in [2.24, 2.45) is 0 Å². The summed E-state index contributed by atoms with van der Waals surface area (Å²) in [5, 5.41) is 12.3. The molecule has 0 aliphatic carbocycles. The van der Waals surface area contributed by atoms with E-state index in [1.807, 2.05) is 4.90 Å². The van der Waals surface area contributed by atoms with Crippen LogP contribution in [0.25, 0.3) is 22.2 Å². The van der Waals surface area contributed by atoms with Gasteiger partial charge in [-0.05, 0) is 37.5 Å². The van der Waals surface area contributed by atoms with Crippen molar-refractivity contribution >= 4 is 40.1 Å². The Hall–Kier alpha value is -3.45. The van der Waals surface area contributed by atoms with Gasteiger partial charge < -0.3 is 25.8 Å². The highest BCUT2D eigenvalue weighted by Crippen LogP contribution is 2.44. The van der Waals surface area contributed by atoms with Crippen LogP contribution in [0.15, 0.2) is 12.1 Å². The number of hydrogen-bond acceptors (Lipinski definition) is 8. The fourth-order valence-electron chi connectivity index (χ4n) is 5.02. The molecule has 9 nitrogen and oxygen atoms in total. The van der Waals surface area contributed by atoms with Gasteiger partial charge in [0, 0.05) is 30.6 Å². The Bertz CT molecular complexity index is 1410. The van der Waals surface area contributed by atoms with E-state index in [2.05, 4.69) is 20.3 Å². The Morgan fingerprint density at radius 2 is 1.92 bits per heavy atom. The van der Waals surface area contributed by atoms with Crippen LogP contribution < -0.4 is 20.7 Å². The van der Waals surface area contributed by atoms with Crippen LogP contribution >= 0.6 is 11.6 Å². The van der Waals surface area contributed by atoms with Crippen molar-refractivity contribution in [3.05, 3.63) is 34.1 Å². The third-order valence-electron chi connectivity index (χ3n) is 6.44. The van der Waals surface area contributed by atoms with Gasteiger partial charge in [0.05, 0.1) is 21.8 Å². The van der Waals surface area contributed by atoms with Gasteiger partial charge in [0.25, 0.3) is 0 Å². The van der Waals surface area contributed by atoms with Crippen LogP contribution in [0.5, 0.6) is 6.01 Å². The van der Waals surface area contributed by atoms with Crippen molar-refractivity contribution in [3.8, 4) is 17.3 Å². The van der Waals surface area contributed by atoms with E-state index in [-0.39, 0.29) is 45.2 Å². The number of nitrogens with one attached hydrogen (secondary N) is 1. The Morgan fingerprint density at radius 1 is 1.24 bits per heavy atom. The van der Waals surface area contributed by atoms with E-state index in [1.54, 1.807) is 0 Å². The third-order valence-corrected chi connectivity index (χ3v) is 6.74. The molecule has 2 unspecified atom stereocenters. The summed E-state index contributed by atoms with van der Waals surface area (Å²) in [5.74, 6) is -2.51. The van der Waals surface area contributed by atoms with E-state index in [1.165, 1.54) is 13.0 Å². The molecule has 37 heavy (non-hydrogen) atoms. The highest BCUT2D eigenvalue weighted by atomic mass is 35.5. The lowest BCUT2D eigenvalue weighted by Gasteiger charge is -2.34. The second kappa shape index (κ2) is 9.14. The minimum atomic E-state index is -4.88. The first-order chi connectivity index (χ1) is 17.4. The number of carbonyl (C=O) groups is 1. The Kier molecular flexibility index (Phi) is 6.23. The molecule has 0 amide bonds. The molecule has 5 rings (SSSR count). The van der Waals surface area contributed by atoms with Crippen molar-refractivity contribution in [2.45, 2.75) is 38.0 Å². The van der Waals surface area contributed by atoms with E-state index < -0.39 is 47.4 Å². The minimum Gasteiger partial charge on any atom is -0.479 e. The number of rotatable bonds is 5. The average Bonchev–Trinajstić information content (AvgIpc) is 3.13. The molecular weight excluding hydrogens is 520 g/mol. The van der Waals surface area contributed by atoms with Gasteiger partial charge in [-0.2, -0.15) is 23.1 Å². The summed E-state index contributed by atoms with van der Waals surface area (Å²) in [7, 11) is 0. The first kappa shape index (κ1) is 25.2. The number of anilines is 2. The third kappa shape index (κ3) is 4.68. The van der Waals surface area contributed by atoms with Crippen LogP contribution in [0.2, 0.25) is 5.02 Å². The molecule has 2 aliphatic rings. The van der Waals surface area contributed by atoms with Crippen LogP contribution in [0, 0.1) is 12.7 Å². The number of aryl methyl sites for hydroxylation is 1. The Balaban J connectivity index is 1.75. The maximum atomic E-state index is 16.1. The number of pyridine rings is 1. The molecule has 0 radical (unpaired) electrons. The number of piperazine rings is 1. The summed E-state index contributed by atoms with van der Waals surface area (Å²) in [5.41, 5.74) is 2.48. The molecule has 2 bridgehead atoms. The molecule has 3 aromatic rings. The smallest absolute Gasteiger partial charge is 0.418 e. The molecule has 0 saturated carbocycles. The number of fused-ring (bicyclic) bond motifs is 3. The van der Waals surface area contributed by atoms with Gasteiger partial charge in [-0.3, -0.25) is 0 Å². The van der Waals surface area contributed by atoms with Crippen molar-refractivity contribution in [2.75, 3.05) is 30.3 Å². The molecule has 2 atom stereocenters. The van der Waals surface area contributed by atoms with Crippen LogP contribution in [0.4, 0.5) is 29.2 Å². The van der Waals surface area contributed by atoms with Gasteiger partial charge in [-0.1, -0.05) is 11.6 Å². The molecule has 2 saturated heterocycles. The number of nitrogens with zero attached hydrogens (tertiary/aromatic N) is 4. The fraction of sp³-hybridized carbons (Fsp3) is 0.391. The molecule has 14 heteroatoms. The molecule has 2 fully saturated rings. The number of aromatic nitrogens is 3.